The predicted octanol–water partition coefficient (Wildman–Crippen LogP) is 3.65. The lowest BCUT2D eigenvalue weighted by molar-refractivity contribution is 0.319. The molecular weight excluding hydrogens is 248 g/mol. The van der Waals surface area contributed by atoms with E-state index in [0.717, 1.165) is 24.4 Å². The van der Waals surface area contributed by atoms with Gasteiger partial charge in [0.05, 0.1) is 6.26 Å². The van der Waals surface area contributed by atoms with Gasteiger partial charge in [0.15, 0.2) is 0 Å². The predicted molar refractivity (Wildman–Crippen MR) is 82.2 cm³/mol. The molecule has 0 aliphatic carbocycles. The molecule has 0 saturated carbocycles. The molecule has 0 fully saturated rings. The molecule has 0 bridgehead atoms. The van der Waals surface area contributed by atoms with Gasteiger partial charge >= 0.3 is 0 Å². The molecule has 0 aliphatic heterocycles. The lowest BCUT2D eigenvalue weighted by atomic mass is 10.1. The number of fused-ring (bicyclic) bond motifs is 1. The Labute approximate surface area is 118 Å². The van der Waals surface area contributed by atoms with Crippen molar-refractivity contribution in [2.24, 2.45) is 0 Å². The summed E-state index contributed by atoms with van der Waals surface area (Å²) in [4.78, 5) is 2.26. The number of nitrogen functional groups attached to an aromatic ring is 1. The van der Waals surface area contributed by atoms with Gasteiger partial charge in [0.25, 0.3) is 0 Å². The van der Waals surface area contributed by atoms with E-state index in [1.165, 1.54) is 16.5 Å². The zero-order valence-corrected chi connectivity index (χ0v) is 11.5. The highest BCUT2D eigenvalue weighted by atomic mass is 16.3. The molecule has 3 heteroatoms. The first kappa shape index (κ1) is 12.8. The number of para-hydroxylation sites is 1. The molecule has 3 nitrogen and oxygen atoms in total. The van der Waals surface area contributed by atoms with Gasteiger partial charge in [0.1, 0.15) is 5.58 Å². The van der Waals surface area contributed by atoms with Gasteiger partial charge in [0, 0.05) is 29.7 Å². The molecule has 0 unspecified atom stereocenters. The van der Waals surface area contributed by atoms with Gasteiger partial charge in [-0.15, -0.1) is 0 Å². The van der Waals surface area contributed by atoms with E-state index in [1.807, 2.05) is 42.7 Å². The van der Waals surface area contributed by atoms with Gasteiger partial charge in [-0.2, -0.15) is 0 Å². The number of rotatable bonds is 4. The minimum Gasteiger partial charge on any atom is -0.464 e. The number of hydrogen-bond donors (Lipinski definition) is 1. The molecule has 0 aliphatic rings. The molecule has 20 heavy (non-hydrogen) atoms. The molecule has 0 radical (unpaired) electrons. The van der Waals surface area contributed by atoms with Crippen LogP contribution in [0.25, 0.3) is 11.0 Å². The lowest BCUT2D eigenvalue weighted by Crippen LogP contribution is -2.17. The number of nitrogens with two attached hydrogens (primary N) is 1. The minimum absolute atomic E-state index is 0.810. The van der Waals surface area contributed by atoms with Crippen LogP contribution in [-0.2, 0) is 13.1 Å². The smallest absolute Gasteiger partial charge is 0.134 e. The summed E-state index contributed by atoms with van der Waals surface area (Å²) >= 11 is 0. The third-order valence-corrected chi connectivity index (χ3v) is 3.40. The van der Waals surface area contributed by atoms with Crippen LogP contribution in [0.1, 0.15) is 11.1 Å². The van der Waals surface area contributed by atoms with Crippen molar-refractivity contribution in [3.05, 3.63) is 65.9 Å². The zero-order chi connectivity index (χ0) is 13.9. The van der Waals surface area contributed by atoms with Gasteiger partial charge in [0.2, 0.25) is 0 Å². The summed E-state index contributed by atoms with van der Waals surface area (Å²) in [6, 6.07) is 16.1. The number of hydrogen-bond acceptors (Lipinski definition) is 3. The second kappa shape index (κ2) is 5.39. The largest absolute Gasteiger partial charge is 0.464 e. The minimum atomic E-state index is 0.810. The van der Waals surface area contributed by atoms with E-state index in [2.05, 4.69) is 24.1 Å². The number of furan rings is 1. The van der Waals surface area contributed by atoms with E-state index in [1.54, 1.807) is 0 Å². The maximum absolute atomic E-state index is 5.81. The summed E-state index contributed by atoms with van der Waals surface area (Å²) < 4.78 is 5.57. The van der Waals surface area contributed by atoms with Gasteiger partial charge in [-0.1, -0.05) is 30.3 Å². The van der Waals surface area contributed by atoms with Crippen LogP contribution in [0.3, 0.4) is 0 Å². The van der Waals surface area contributed by atoms with E-state index < -0.39 is 0 Å². The molecule has 1 aromatic heterocycles. The number of benzene rings is 2. The van der Waals surface area contributed by atoms with Gasteiger partial charge in [-0.3, -0.25) is 4.90 Å². The second-order valence-electron chi connectivity index (χ2n) is 5.17. The quantitative estimate of drug-likeness (QED) is 0.733. The highest BCUT2D eigenvalue weighted by Gasteiger charge is 2.08. The van der Waals surface area contributed by atoms with E-state index in [4.69, 9.17) is 10.2 Å². The Morgan fingerprint density at radius 3 is 2.75 bits per heavy atom. The van der Waals surface area contributed by atoms with Crippen LogP contribution in [0.5, 0.6) is 0 Å². The summed E-state index contributed by atoms with van der Waals surface area (Å²) in [6.07, 6.45) is 1.85. The monoisotopic (exact) mass is 266 g/mol. The van der Waals surface area contributed by atoms with Crippen molar-refractivity contribution in [2.45, 2.75) is 13.1 Å². The Hall–Kier alpha value is -2.26. The van der Waals surface area contributed by atoms with Crippen molar-refractivity contribution in [1.82, 2.24) is 4.90 Å². The van der Waals surface area contributed by atoms with E-state index in [9.17, 15) is 0 Å². The summed E-state index contributed by atoms with van der Waals surface area (Å²) in [7, 11) is 2.10. The van der Waals surface area contributed by atoms with Crippen molar-refractivity contribution in [1.29, 1.82) is 0 Å². The van der Waals surface area contributed by atoms with Crippen LogP contribution in [0, 0.1) is 0 Å². The van der Waals surface area contributed by atoms with Crippen LogP contribution >= 0.6 is 0 Å². The molecule has 0 atom stereocenters. The first-order chi connectivity index (χ1) is 9.72. The van der Waals surface area contributed by atoms with Crippen LogP contribution in [-0.4, -0.2) is 11.9 Å². The Kier molecular flexibility index (Phi) is 3.44. The summed E-state index contributed by atoms with van der Waals surface area (Å²) in [6.45, 7) is 1.72. The Morgan fingerprint density at radius 2 is 1.90 bits per heavy atom. The second-order valence-corrected chi connectivity index (χ2v) is 5.17. The normalized spacial score (nSPS) is 11.3. The highest BCUT2D eigenvalue weighted by molar-refractivity contribution is 5.80. The van der Waals surface area contributed by atoms with Crippen molar-refractivity contribution in [2.75, 3.05) is 12.8 Å². The van der Waals surface area contributed by atoms with Gasteiger partial charge in [-0.25, -0.2) is 0 Å². The SMILES string of the molecule is CN(Cc1cccc(N)c1)Cc1coc2ccccc12. The fourth-order valence-electron chi connectivity index (χ4n) is 2.51. The first-order valence-corrected chi connectivity index (χ1v) is 6.70. The van der Waals surface area contributed by atoms with Crippen LogP contribution in [0.2, 0.25) is 0 Å². The lowest BCUT2D eigenvalue weighted by Gasteiger charge is -2.16. The standard InChI is InChI=1S/C17H18N2O/c1-19(10-13-5-4-6-15(18)9-13)11-14-12-20-17-8-3-2-7-16(14)17/h2-9,12H,10-11,18H2,1H3. The van der Waals surface area contributed by atoms with E-state index in [0.29, 0.717) is 0 Å². The zero-order valence-electron chi connectivity index (χ0n) is 11.5. The van der Waals surface area contributed by atoms with Crippen molar-refractivity contribution >= 4 is 16.7 Å². The molecule has 0 spiro atoms. The molecule has 1 heterocycles. The van der Waals surface area contributed by atoms with Crippen LogP contribution < -0.4 is 5.73 Å². The molecule has 0 amide bonds. The maximum Gasteiger partial charge on any atom is 0.134 e. The van der Waals surface area contributed by atoms with Gasteiger partial charge in [-0.05, 0) is 30.8 Å². The molecule has 102 valence electrons. The average molecular weight is 266 g/mol. The number of nitrogens with zero attached hydrogens (tertiary/aromatic N) is 1. The molecule has 3 rings (SSSR count). The number of anilines is 1. The fourth-order valence-corrected chi connectivity index (χ4v) is 2.51. The molecule has 2 aromatic carbocycles. The van der Waals surface area contributed by atoms with Gasteiger partial charge < -0.3 is 10.2 Å². The third kappa shape index (κ3) is 2.68. The van der Waals surface area contributed by atoms with E-state index >= 15 is 0 Å². The molecule has 3 aromatic rings. The van der Waals surface area contributed by atoms with Crippen LogP contribution in [0.4, 0.5) is 5.69 Å². The van der Waals surface area contributed by atoms with Crippen molar-refractivity contribution < 1.29 is 4.42 Å². The van der Waals surface area contributed by atoms with Crippen molar-refractivity contribution in [3.8, 4) is 0 Å². The highest BCUT2D eigenvalue weighted by Crippen LogP contribution is 2.22. The molecule has 0 saturated heterocycles. The Bertz CT molecular complexity index is 718. The summed E-state index contributed by atoms with van der Waals surface area (Å²) in [5, 5.41) is 1.19. The molecular formula is C17H18N2O. The first-order valence-electron chi connectivity index (χ1n) is 6.70. The Morgan fingerprint density at radius 1 is 1.05 bits per heavy atom. The average Bonchev–Trinajstić information content (AvgIpc) is 2.82. The summed E-state index contributed by atoms with van der Waals surface area (Å²) in [5.41, 5.74) is 10.0. The van der Waals surface area contributed by atoms with Crippen molar-refractivity contribution in [3.63, 3.8) is 0 Å². The third-order valence-electron chi connectivity index (χ3n) is 3.40. The summed E-state index contributed by atoms with van der Waals surface area (Å²) in [5.74, 6) is 0. The molecule has 2 N–H and O–H groups in total. The van der Waals surface area contributed by atoms with Crippen LogP contribution in [0.15, 0.2) is 59.2 Å². The maximum atomic E-state index is 5.81. The van der Waals surface area contributed by atoms with E-state index in [-0.39, 0.29) is 0 Å². The Balaban J connectivity index is 1.74. The topological polar surface area (TPSA) is 42.4 Å². The fraction of sp³-hybridized carbons (Fsp3) is 0.176.